The highest BCUT2D eigenvalue weighted by Crippen LogP contribution is 2.14. The Kier molecular flexibility index (Phi) is 2.87. The van der Waals surface area contributed by atoms with E-state index in [1.165, 1.54) is 0 Å². The molecule has 0 aromatic carbocycles. The van der Waals surface area contributed by atoms with E-state index in [1.54, 1.807) is 0 Å². The summed E-state index contributed by atoms with van der Waals surface area (Å²) < 4.78 is 5.11. The van der Waals surface area contributed by atoms with Gasteiger partial charge in [-0.05, 0) is 12.8 Å². The van der Waals surface area contributed by atoms with Crippen LogP contribution >= 0.6 is 0 Å². The molecule has 1 rings (SSSR count). The summed E-state index contributed by atoms with van der Waals surface area (Å²) in [7, 11) is 0. The predicted molar refractivity (Wildman–Crippen MR) is 47.9 cm³/mol. The molecule has 0 aliphatic rings. The molecule has 3 nitrogen and oxygen atoms in total. The summed E-state index contributed by atoms with van der Waals surface area (Å²) in [6.45, 7) is 6.14. The Labute approximate surface area is 72.9 Å². The molecule has 0 aliphatic carbocycles. The molecule has 0 saturated heterocycles. The second-order valence-corrected chi connectivity index (χ2v) is 3.55. The molecule has 1 unspecified atom stereocenters. The monoisotopic (exact) mass is 168 g/mol. The average Bonchev–Trinajstić information content (AvgIpc) is 2.34. The predicted octanol–water partition coefficient (Wildman–Crippen LogP) is 1.69. The van der Waals surface area contributed by atoms with Crippen LogP contribution < -0.4 is 5.73 Å². The van der Waals surface area contributed by atoms with Crippen molar-refractivity contribution in [3.05, 3.63) is 17.5 Å². The molecule has 1 atom stereocenters. The van der Waals surface area contributed by atoms with E-state index in [9.17, 15) is 0 Å². The maximum Gasteiger partial charge on any atom is 0.138 e. The van der Waals surface area contributed by atoms with Gasteiger partial charge in [0.05, 0.1) is 5.69 Å². The Hall–Kier alpha value is -0.830. The lowest BCUT2D eigenvalue weighted by Crippen LogP contribution is -2.17. The zero-order chi connectivity index (χ0) is 9.14. The van der Waals surface area contributed by atoms with Crippen LogP contribution in [0.1, 0.15) is 38.1 Å². The summed E-state index contributed by atoms with van der Waals surface area (Å²) in [5, 5.41) is 3.94. The van der Waals surface area contributed by atoms with Crippen molar-refractivity contribution in [2.24, 2.45) is 5.73 Å². The van der Waals surface area contributed by atoms with Gasteiger partial charge in [-0.3, -0.25) is 0 Å². The van der Waals surface area contributed by atoms with Crippen LogP contribution in [0.25, 0.3) is 0 Å². The number of nitrogens with two attached hydrogens (primary N) is 1. The molecule has 1 aromatic heterocycles. The van der Waals surface area contributed by atoms with E-state index in [0.717, 1.165) is 17.9 Å². The lowest BCUT2D eigenvalue weighted by Gasteiger charge is -1.98. The van der Waals surface area contributed by atoms with Crippen LogP contribution in [0.3, 0.4) is 0 Å². The Morgan fingerprint density at radius 2 is 2.17 bits per heavy atom. The van der Waals surface area contributed by atoms with E-state index in [1.807, 2.05) is 13.0 Å². The van der Waals surface area contributed by atoms with Gasteiger partial charge < -0.3 is 10.3 Å². The van der Waals surface area contributed by atoms with Crippen LogP contribution in [0.5, 0.6) is 0 Å². The molecule has 1 aromatic rings. The topological polar surface area (TPSA) is 52.0 Å². The normalized spacial score (nSPS) is 13.8. The molecular formula is C9H16N2O. The van der Waals surface area contributed by atoms with Crippen molar-refractivity contribution in [3.8, 4) is 0 Å². The zero-order valence-corrected chi connectivity index (χ0v) is 7.87. The van der Waals surface area contributed by atoms with E-state index in [-0.39, 0.29) is 6.04 Å². The SMILES string of the molecule is CC(N)Cc1cc(C(C)C)no1. The molecule has 0 aliphatic heterocycles. The van der Waals surface area contributed by atoms with Crippen molar-refractivity contribution >= 4 is 0 Å². The molecule has 3 heteroatoms. The second-order valence-electron chi connectivity index (χ2n) is 3.55. The van der Waals surface area contributed by atoms with Crippen LogP contribution in [0, 0.1) is 0 Å². The molecule has 68 valence electrons. The molecule has 0 spiro atoms. The van der Waals surface area contributed by atoms with Gasteiger partial charge >= 0.3 is 0 Å². The van der Waals surface area contributed by atoms with E-state index in [4.69, 9.17) is 10.3 Å². The van der Waals surface area contributed by atoms with Crippen LogP contribution in [0.2, 0.25) is 0 Å². The van der Waals surface area contributed by atoms with E-state index >= 15 is 0 Å². The summed E-state index contributed by atoms with van der Waals surface area (Å²) >= 11 is 0. The first-order valence-corrected chi connectivity index (χ1v) is 4.30. The van der Waals surface area contributed by atoms with Gasteiger partial charge in [0.2, 0.25) is 0 Å². The number of hydrogen-bond donors (Lipinski definition) is 1. The molecule has 0 bridgehead atoms. The van der Waals surface area contributed by atoms with Crippen molar-refractivity contribution in [1.82, 2.24) is 5.16 Å². The molecule has 1 heterocycles. The first-order chi connectivity index (χ1) is 5.59. The van der Waals surface area contributed by atoms with Gasteiger partial charge in [-0.25, -0.2) is 0 Å². The fraction of sp³-hybridized carbons (Fsp3) is 0.667. The van der Waals surface area contributed by atoms with Crippen LogP contribution in [0.4, 0.5) is 0 Å². The fourth-order valence-corrected chi connectivity index (χ4v) is 1.01. The van der Waals surface area contributed by atoms with Crippen LogP contribution in [-0.4, -0.2) is 11.2 Å². The summed E-state index contributed by atoms with van der Waals surface area (Å²) in [5.74, 6) is 1.31. The van der Waals surface area contributed by atoms with Crippen molar-refractivity contribution < 1.29 is 4.52 Å². The standard InChI is InChI=1S/C9H16N2O/c1-6(2)9-5-8(12-11-9)4-7(3)10/h5-7H,4,10H2,1-3H3. The smallest absolute Gasteiger partial charge is 0.138 e. The van der Waals surface area contributed by atoms with Gasteiger partial charge in [0.15, 0.2) is 0 Å². The highest BCUT2D eigenvalue weighted by molar-refractivity contribution is 5.09. The zero-order valence-electron chi connectivity index (χ0n) is 7.87. The third-order valence-electron chi connectivity index (χ3n) is 1.69. The molecule has 0 saturated carbocycles. The first-order valence-electron chi connectivity index (χ1n) is 4.30. The average molecular weight is 168 g/mol. The summed E-state index contributed by atoms with van der Waals surface area (Å²) in [4.78, 5) is 0. The minimum Gasteiger partial charge on any atom is -0.361 e. The van der Waals surface area contributed by atoms with Gasteiger partial charge in [0.25, 0.3) is 0 Å². The van der Waals surface area contributed by atoms with Gasteiger partial charge in [0.1, 0.15) is 5.76 Å². The van der Waals surface area contributed by atoms with Crippen molar-refractivity contribution in [1.29, 1.82) is 0 Å². The lowest BCUT2D eigenvalue weighted by atomic mass is 10.1. The van der Waals surface area contributed by atoms with E-state index in [2.05, 4.69) is 19.0 Å². The Bertz CT molecular complexity index is 240. The van der Waals surface area contributed by atoms with E-state index in [0.29, 0.717) is 5.92 Å². The highest BCUT2D eigenvalue weighted by Gasteiger charge is 2.08. The highest BCUT2D eigenvalue weighted by atomic mass is 16.5. The van der Waals surface area contributed by atoms with Gasteiger partial charge in [-0.15, -0.1) is 0 Å². The molecular weight excluding hydrogens is 152 g/mol. The minimum absolute atomic E-state index is 0.137. The third-order valence-corrected chi connectivity index (χ3v) is 1.69. The summed E-state index contributed by atoms with van der Waals surface area (Å²) in [5.41, 5.74) is 6.63. The maximum absolute atomic E-state index is 5.62. The van der Waals surface area contributed by atoms with Gasteiger partial charge in [-0.2, -0.15) is 0 Å². The third kappa shape index (κ3) is 2.34. The molecule has 0 radical (unpaired) electrons. The number of nitrogens with zero attached hydrogens (tertiary/aromatic N) is 1. The molecule has 12 heavy (non-hydrogen) atoms. The maximum atomic E-state index is 5.62. The summed E-state index contributed by atoms with van der Waals surface area (Å²) in [6.07, 6.45) is 0.764. The van der Waals surface area contributed by atoms with Crippen molar-refractivity contribution in [2.75, 3.05) is 0 Å². The quantitative estimate of drug-likeness (QED) is 0.747. The molecule has 2 N–H and O–H groups in total. The Morgan fingerprint density at radius 3 is 2.58 bits per heavy atom. The van der Waals surface area contributed by atoms with Gasteiger partial charge in [0, 0.05) is 18.5 Å². The Morgan fingerprint density at radius 1 is 1.50 bits per heavy atom. The molecule has 0 amide bonds. The van der Waals surface area contributed by atoms with Crippen molar-refractivity contribution in [2.45, 2.75) is 39.2 Å². The number of hydrogen-bond acceptors (Lipinski definition) is 3. The van der Waals surface area contributed by atoms with Crippen LogP contribution in [-0.2, 0) is 6.42 Å². The second kappa shape index (κ2) is 3.72. The van der Waals surface area contributed by atoms with Crippen molar-refractivity contribution in [3.63, 3.8) is 0 Å². The number of aromatic nitrogens is 1. The van der Waals surface area contributed by atoms with Crippen LogP contribution in [0.15, 0.2) is 10.6 Å². The fourth-order valence-electron chi connectivity index (χ4n) is 1.01. The Balaban J connectivity index is 2.64. The largest absolute Gasteiger partial charge is 0.361 e. The number of rotatable bonds is 3. The first kappa shape index (κ1) is 9.26. The van der Waals surface area contributed by atoms with Gasteiger partial charge in [-0.1, -0.05) is 19.0 Å². The molecule has 0 fully saturated rings. The minimum atomic E-state index is 0.137. The lowest BCUT2D eigenvalue weighted by molar-refractivity contribution is 0.369. The van der Waals surface area contributed by atoms with E-state index < -0.39 is 0 Å². The summed E-state index contributed by atoms with van der Waals surface area (Å²) in [6, 6.07) is 2.12.